The molecule has 0 unspecified atom stereocenters. The molecule has 26 heavy (non-hydrogen) atoms. The highest BCUT2D eigenvalue weighted by Gasteiger charge is 2.17. The van der Waals surface area contributed by atoms with Crippen molar-refractivity contribution < 1.29 is 18.5 Å². The lowest BCUT2D eigenvalue weighted by atomic mass is 10.1. The van der Waals surface area contributed by atoms with Crippen molar-refractivity contribution in [2.45, 2.75) is 17.9 Å². The van der Waals surface area contributed by atoms with Crippen molar-refractivity contribution in [3.8, 4) is 0 Å². The van der Waals surface area contributed by atoms with Crippen LogP contribution in [-0.4, -0.2) is 28.9 Å². The van der Waals surface area contributed by atoms with Crippen molar-refractivity contribution >= 4 is 45.9 Å². The van der Waals surface area contributed by atoms with Crippen molar-refractivity contribution in [3.05, 3.63) is 63.6 Å². The van der Waals surface area contributed by atoms with Crippen LogP contribution >= 0.6 is 23.2 Å². The smallest absolute Gasteiger partial charge is 0.339 e. The van der Waals surface area contributed by atoms with Crippen LogP contribution in [0.15, 0.2) is 47.4 Å². The van der Waals surface area contributed by atoms with Crippen LogP contribution in [0.25, 0.3) is 0 Å². The standard InChI is InChI=1S/C18H17Cl2NO4S/c1-11(12-7-8-14(19)15(20)9-12)21-17(22)10-25-18(23)13-5-3-4-6-16(13)26(2)24/h3-9,11H,10H2,1-2H3,(H,21,22)/t11-,26-/m0/s1. The first-order valence-corrected chi connectivity index (χ1v) is 9.95. The fourth-order valence-corrected chi connectivity index (χ4v) is 3.28. The zero-order chi connectivity index (χ0) is 19.3. The van der Waals surface area contributed by atoms with E-state index in [1.54, 1.807) is 43.3 Å². The minimum Gasteiger partial charge on any atom is -0.452 e. The number of halogens is 2. The summed E-state index contributed by atoms with van der Waals surface area (Å²) in [6.07, 6.45) is 1.47. The summed E-state index contributed by atoms with van der Waals surface area (Å²) in [6, 6.07) is 11.1. The van der Waals surface area contributed by atoms with Gasteiger partial charge >= 0.3 is 5.97 Å². The molecule has 0 fully saturated rings. The largest absolute Gasteiger partial charge is 0.452 e. The number of hydrogen-bond donors (Lipinski definition) is 1. The minimum atomic E-state index is -1.34. The van der Waals surface area contributed by atoms with Gasteiger partial charge < -0.3 is 10.1 Å². The van der Waals surface area contributed by atoms with Crippen molar-refractivity contribution in [2.24, 2.45) is 0 Å². The van der Waals surface area contributed by atoms with Gasteiger partial charge in [0.25, 0.3) is 5.91 Å². The molecular weight excluding hydrogens is 397 g/mol. The highest BCUT2D eigenvalue weighted by Crippen LogP contribution is 2.25. The highest BCUT2D eigenvalue weighted by molar-refractivity contribution is 7.84. The fraction of sp³-hybridized carbons (Fsp3) is 0.222. The molecule has 0 bridgehead atoms. The molecule has 2 atom stereocenters. The Balaban J connectivity index is 1.95. The maximum Gasteiger partial charge on any atom is 0.339 e. The Bertz CT molecular complexity index is 857. The van der Waals surface area contributed by atoms with Gasteiger partial charge in [0.1, 0.15) is 0 Å². The van der Waals surface area contributed by atoms with Crippen molar-refractivity contribution in [3.63, 3.8) is 0 Å². The first kappa shape index (κ1) is 20.4. The second-order valence-corrected chi connectivity index (χ2v) is 7.65. The molecule has 0 aromatic heterocycles. The van der Waals surface area contributed by atoms with Crippen LogP contribution in [0, 0.1) is 0 Å². The molecule has 0 aliphatic rings. The molecule has 1 amide bonds. The van der Waals surface area contributed by atoms with E-state index in [1.165, 1.54) is 12.3 Å². The number of nitrogens with one attached hydrogen (secondary N) is 1. The fourth-order valence-electron chi connectivity index (χ4n) is 2.24. The van der Waals surface area contributed by atoms with Crippen LogP contribution in [0.2, 0.25) is 10.0 Å². The molecule has 0 aliphatic heterocycles. The lowest BCUT2D eigenvalue weighted by Crippen LogP contribution is -2.31. The van der Waals surface area contributed by atoms with E-state index < -0.39 is 29.3 Å². The summed E-state index contributed by atoms with van der Waals surface area (Å²) in [5.41, 5.74) is 0.949. The Labute approximate surface area is 164 Å². The lowest BCUT2D eigenvalue weighted by molar-refractivity contribution is -0.124. The van der Waals surface area contributed by atoms with Gasteiger partial charge in [-0.05, 0) is 36.8 Å². The van der Waals surface area contributed by atoms with Crippen molar-refractivity contribution in [2.75, 3.05) is 12.9 Å². The number of benzene rings is 2. The summed E-state index contributed by atoms with van der Waals surface area (Å²) in [5.74, 6) is -1.17. The summed E-state index contributed by atoms with van der Waals surface area (Å²) in [4.78, 5) is 24.5. The topological polar surface area (TPSA) is 72.5 Å². The van der Waals surface area contributed by atoms with Crippen LogP contribution in [0.5, 0.6) is 0 Å². The summed E-state index contributed by atoms with van der Waals surface area (Å²) in [5, 5.41) is 3.52. The highest BCUT2D eigenvalue weighted by atomic mass is 35.5. The van der Waals surface area contributed by atoms with Crippen LogP contribution < -0.4 is 5.32 Å². The molecule has 2 rings (SSSR count). The molecule has 0 heterocycles. The molecule has 1 N–H and O–H groups in total. The molecular formula is C18H17Cl2NO4S. The van der Waals surface area contributed by atoms with E-state index in [-0.39, 0.29) is 11.6 Å². The first-order chi connectivity index (χ1) is 12.3. The summed E-state index contributed by atoms with van der Waals surface area (Å²) < 4.78 is 16.7. The average molecular weight is 414 g/mol. The van der Waals surface area contributed by atoms with E-state index in [0.29, 0.717) is 14.9 Å². The Kier molecular flexibility index (Phi) is 7.20. The Morgan fingerprint density at radius 1 is 1.15 bits per heavy atom. The molecule has 138 valence electrons. The van der Waals surface area contributed by atoms with Gasteiger partial charge in [0.2, 0.25) is 0 Å². The number of esters is 1. The normalized spacial score (nSPS) is 12.9. The maximum atomic E-state index is 12.1. The quantitative estimate of drug-likeness (QED) is 0.731. The average Bonchev–Trinajstić information content (AvgIpc) is 2.61. The second kappa shape index (κ2) is 9.16. The van der Waals surface area contributed by atoms with E-state index >= 15 is 0 Å². The van der Waals surface area contributed by atoms with Gasteiger partial charge in [-0.1, -0.05) is 41.4 Å². The van der Waals surface area contributed by atoms with Gasteiger partial charge in [0.15, 0.2) is 6.61 Å². The second-order valence-electron chi connectivity index (χ2n) is 5.49. The zero-order valence-electron chi connectivity index (χ0n) is 14.1. The predicted octanol–water partition coefficient (Wildman–Crippen LogP) is 3.77. The van der Waals surface area contributed by atoms with E-state index in [2.05, 4.69) is 5.32 Å². The molecule has 0 aliphatic carbocycles. The van der Waals surface area contributed by atoms with E-state index in [4.69, 9.17) is 27.9 Å². The number of amides is 1. The van der Waals surface area contributed by atoms with Gasteiger partial charge in [-0.25, -0.2) is 4.79 Å². The number of carbonyl (C=O) groups excluding carboxylic acids is 2. The van der Waals surface area contributed by atoms with E-state index in [9.17, 15) is 13.8 Å². The Morgan fingerprint density at radius 3 is 2.50 bits per heavy atom. The first-order valence-electron chi connectivity index (χ1n) is 7.63. The zero-order valence-corrected chi connectivity index (χ0v) is 16.5. The third kappa shape index (κ3) is 5.30. The minimum absolute atomic E-state index is 0.179. The van der Waals surface area contributed by atoms with Crippen LogP contribution in [0.3, 0.4) is 0 Å². The number of rotatable bonds is 6. The third-order valence-electron chi connectivity index (χ3n) is 3.57. The van der Waals surface area contributed by atoms with Crippen LogP contribution in [-0.2, 0) is 20.3 Å². The predicted molar refractivity (Wildman–Crippen MR) is 102 cm³/mol. The Hall–Kier alpha value is -1.89. The SMILES string of the molecule is C[C@H](NC(=O)COC(=O)c1ccccc1[S@](C)=O)c1ccc(Cl)c(Cl)c1. The molecule has 2 aromatic rings. The number of ether oxygens (including phenoxy) is 1. The Morgan fingerprint density at radius 2 is 1.85 bits per heavy atom. The van der Waals surface area contributed by atoms with E-state index in [0.717, 1.165) is 5.56 Å². The molecule has 5 nitrogen and oxygen atoms in total. The van der Waals surface area contributed by atoms with Gasteiger partial charge in [-0.2, -0.15) is 0 Å². The molecule has 8 heteroatoms. The van der Waals surface area contributed by atoms with Gasteiger partial charge in [-0.3, -0.25) is 9.00 Å². The lowest BCUT2D eigenvalue weighted by Gasteiger charge is -2.15. The maximum absolute atomic E-state index is 12.1. The molecule has 0 radical (unpaired) electrons. The number of carbonyl (C=O) groups is 2. The van der Waals surface area contributed by atoms with Gasteiger partial charge in [0, 0.05) is 6.26 Å². The molecule has 0 spiro atoms. The van der Waals surface area contributed by atoms with E-state index in [1.807, 2.05) is 0 Å². The molecule has 2 aromatic carbocycles. The number of hydrogen-bond acceptors (Lipinski definition) is 4. The van der Waals surface area contributed by atoms with Crippen molar-refractivity contribution in [1.82, 2.24) is 5.32 Å². The van der Waals surface area contributed by atoms with Crippen LogP contribution in [0.1, 0.15) is 28.9 Å². The van der Waals surface area contributed by atoms with Crippen molar-refractivity contribution in [1.29, 1.82) is 0 Å². The van der Waals surface area contributed by atoms with Gasteiger partial charge in [0.05, 0.1) is 37.3 Å². The van der Waals surface area contributed by atoms with Gasteiger partial charge in [-0.15, -0.1) is 0 Å². The molecule has 0 saturated carbocycles. The van der Waals surface area contributed by atoms with Crippen LogP contribution in [0.4, 0.5) is 0 Å². The molecule has 0 saturated heterocycles. The summed E-state index contributed by atoms with van der Waals surface area (Å²) in [6.45, 7) is 1.32. The third-order valence-corrected chi connectivity index (χ3v) is 5.29. The summed E-state index contributed by atoms with van der Waals surface area (Å²) >= 11 is 11.8. The monoisotopic (exact) mass is 413 g/mol. The summed E-state index contributed by atoms with van der Waals surface area (Å²) in [7, 11) is -1.34.